The Hall–Kier alpha value is -1.00. The molecule has 0 spiro atoms. The van der Waals surface area contributed by atoms with Gasteiger partial charge in [0.2, 0.25) is 0 Å². The lowest BCUT2D eigenvalue weighted by molar-refractivity contribution is -0.00897. The molecule has 4 heteroatoms. The first-order valence-electron chi connectivity index (χ1n) is 7.03. The summed E-state index contributed by atoms with van der Waals surface area (Å²) in [6, 6.07) is 4.08. The maximum absolute atomic E-state index is 14.0. The fourth-order valence-corrected chi connectivity index (χ4v) is 2.53. The minimum atomic E-state index is -0.795. The zero-order chi connectivity index (χ0) is 13.7. The van der Waals surface area contributed by atoms with Crippen LogP contribution in [0.5, 0.6) is 0 Å². The lowest BCUT2D eigenvalue weighted by atomic mass is 9.95. The minimum Gasteiger partial charge on any atom is -0.376 e. The van der Waals surface area contributed by atoms with E-state index < -0.39 is 11.6 Å². The van der Waals surface area contributed by atoms with Crippen LogP contribution in [-0.2, 0) is 4.74 Å². The molecule has 0 radical (unpaired) electrons. The first kappa shape index (κ1) is 14.4. The van der Waals surface area contributed by atoms with Crippen LogP contribution in [-0.4, -0.2) is 19.3 Å². The normalized spacial score (nSPS) is 21.3. The summed E-state index contributed by atoms with van der Waals surface area (Å²) in [5.41, 5.74) is 0.375. The molecule has 0 bridgehead atoms. The molecule has 0 aliphatic carbocycles. The average Bonchev–Trinajstić information content (AvgIpc) is 2.45. The molecular formula is C15H21F2NO. The Morgan fingerprint density at radius 2 is 2.21 bits per heavy atom. The first-order chi connectivity index (χ1) is 9.24. The van der Waals surface area contributed by atoms with Gasteiger partial charge in [-0.3, -0.25) is 0 Å². The molecule has 1 saturated heterocycles. The van der Waals surface area contributed by atoms with Crippen molar-refractivity contribution in [2.45, 2.75) is 44.8 Å². The SMILES string of the molecule is CCCNC(c1cccc(F)c1F)C1CCCCO1. The van der Waals surface area contributed by atoms with Gasteiger partial charge < -0.3 is 10.1 Å². The van der Waals surface area contributed by atoms with E-state index in [9.17, 15) is 8.78 Å². The van der Waals surface area contributed by atoms with Crippen LogP contribution < -0.4 is 5.32 Å². The van der Waals surface area contributed by atoms with E-state index in [1.54, 1.807) is 12.1 Å². The largest absolute Gasteiger partial charge is 0.376 e. The molecule has 0 amide bonds. The predicted molar refractivity (Wildman–Crippen MR) is 71.0 cm³/mol. The third kappa shape index (κ3) is 3.51. The highest BCUT2D eigenvalue weighted by Gasteiger charge is 2.28. The Kier molecular flexibility index (Phi) is 5.28. The van der Waals surface area contributed by atoms with E-state index in [-0.39, 0.29) is 12.1 Å². The topological polar surface area (TPSA) is 21.3 Å². The van der Waals surface area contributed by atoms with Gasteiger partial charge in [-0.2, -0.15) is 0 Å². The summed E-state index contributed by atoms with van der Waals surface area (Å²) in [5, 5.41) is 3.29. The van der Waals surface area contributed by atoms with Gasteiger partial charge in [0.1, 0.15) is 0 Å². The molecular weight excluding hydrogens is 248 g/mol. The molecule has 1 fully saturated rings. The first-order valence-corrected chi connectivity index (χ1v) is 7.03. The summed E-state index contributed by atoms with van der Waals surface area (Å²) < 4.78 is 33.1. The summed E-state index contributed by atoms with van der Waals surface area (Å²) >= 11 is 0. The van der Waals surface area contributed by atoms with Crippen molar-refractivity contribution in [1.29, 1.82) is 0 Å². The number of ether oxygens (including phenoxy) is 1. The smallest absolute Gasteiger partial charge is 0.163 e. The molecule has 1 aliphatic heterocycles. The van der Waals surface area contributed by atoms with E-state index in [1.165, 1.54) is 0 Å². The van der Waals surface area contributed by atoms with Crippen molar-refractivity contribution in [2.24, 2.45) is 0 Å². The van der Waals surface area contributed by atoms with E-state index in [0.29, 0.717) is 12.2 Å². The molecule has 1 heterocycles. The van der Waals surface area contributed by atoms with Gasteiger partial charge in [0.25, 0.3) is 0 Å². The van der Waals surface area contributed by atoms with E-state index >= 15 is 0 Å². The molecule has 19 heavy (non-hydrogen) atoms. The second kappa shape index (κ2) is 6.96. The third-order valence-electron chi connectivity index (χ3n) is 3.52. The van der Waals surface area contributed by atoms with Crippen molar-refractivity contribution in [3.63, 3.8) is 0 Å². The maximum atomic E-state index is 14.0. The van der Waals surface area contributed by atoms with Gasteiger partial charge in [-0.1, -0.05) is 19.1 Å². The molecule has 1 aliphatic rings. The number of hydrogen-bond donors (Lipinski definition) is 1. The number of nitrogens with one attached hydrogen (secondary N) is 1. The third-order valence-corrected chi connectivity index (χ3v) is 3.52. The van der Waals surface area contributed by atoms with Crippen molar-refractivity contribution in [1.82, 2.24) is 5.32 Å². The van der Waals surface area contributed by atoms with Gasteiger partial charge in [0, 0.05) is 12.2 Å². The maximum Gasteiger partial charge on any atom is 0.163 e. The molecule has 1 aromatic carbocycles. The lowest BCUT2D eigenvalue weighted by Gasteiger charge is -2.31. The zero-order valence-corrected chi connectivity index (χ0v) is 11.3. The van der Waals surface area contributed by atoms with E-state index in [2.05, 4.69) is 5.32 Å². The van der Waals surface area contributed by atoms with Crippen LogP contribution in [0.25, 0.3) is 0 Å². The molecule has 2 unspecified atom stereocenters. The highest BCUT2D eigenvalue weighted by atomic mass is 19.2. The standard InChI is InChI=1S/C15H21F2NO/c1-2-9-18-15(13-8-3-4-10-19-13)11-6-5-7-12(16)14(11)17/h5-7,13,15,18H,2-4,8-10H2,1H3. The number of halogens is 2. The number of hydrogen-bond acceptors (Lipinski definition) is 2. The van der Waals surface area contributed by atoms with Gasteiger partial charge in [0.05, 0.1) is 12.1 Å². The Morgan fingerprint density at radius 1 is 1.37 bits per heavy atom. The van der Waals surface area contributed by atoms with E-state index in [0.717, 1.165) is 38.3 Å². The quantitative estimate of drug-likeness (QED) is 0.882. The summed E-state index contributed by atoms with van der Waals surface area (Å²) in [6.07, 6.45) is 3.88. The summed E-state index contributed by atoms with van der Waals surface area (Å²) in [7, 11) is 0. The van der Waals surface area contributed by atoms with Gasteiger partial charge in [-0.25, -0.2) is 8.78 Å². The average molecular weight is 269 g/mol. The zero-order valence-electron chi connectivity index (χ0n) is 11.3. The van der Waals surface area contributed by atoms with Crippen LogP contribution in [0.1, 0.15) is 44.2 Å². The van der Waals surface area contributed by atoms with Crippen LogP contribution in [0.3, 0.4) is 0 Å². The molecule has 106 valence electrons. The van der Waals surface area contributed by atoms with Crippen LogP contribution in [0.4, 0.5) is 8.78 Å². The van der Waals surface area contributed by atoms with Gasteiger partial charge >= 0.3 is 0 Å². The molecule has 2 rings (SSSR count). The lowest BCUT2D eigenvalue weighted by Crippen LogP contribution is -2.37. The number of rotatable bonds is 5. The van der Waals surface area contributed by atoms with Crippen LogP contribution in [0.15, 0.2) is 18.2 Å². The summed E-state index contributed by atoms with van der Waals surface area (Å²) in [5.74, 6) is -1.55. The minimum absolute atomic E-state index is 0.0726. The van der Waals surface area contributed by atoms with Crippen LogP contribution in [0.2, 0.25) is 0 Å². The summed E-state index contributed by atoms with van der Waals surface area (Å²) in [6.45, 7) is 3.51. The molecule has 0 aromatic heterocycles. The molecule has 0 saturated carbocycles. The molecule has 1 aromatic rings. The van der Waals surface area contributed by atoms with Gasteiger partial charge in [-0.05, 0) is 38.3 Å². The van der Waals surface area contributed by atoms with E-state index in [4.69, 9.17) is 4.74 Å². The van der Waals surface area contributed by atoms with Crippen molar-refractivity contribution >= 4 is 0 Å². The fourth-order valence-electron chi connectivity index (χ4n) is 2.53. The monoisotopic (exact) mass is 269 g/mol. The second-order valence-electron chi connectivity index (χ2n) is 4.98. The van der Waals surface area contributed by atoms with Gasteiger partial charge in [0.15, 0.2) is 11.6 Å². The van der Waals surface area contributed by atoms with Crippen molar-refractivity contribution in [2.75, 3.05) is 13.2 Å². The fraction of sp³-hybridized carbons (Fsp3) is 0.600. The second-order valence-corrected chi connectivity index (χ2v) is 4.98. The highest BCUT2D eigenvalue weighted by Crippen LogP contribution is 2.29. The highest BCUT2D eigenvalue weighted by molar-refractivity contribution is 5.23. The molecule has 2 atom stereocenters. The van der Waals surface area contributed by atoms with Crippen LogP contribution >= 0.6 is 0 Å². The van der Waals surface area contributed by atoms with Crippen molar-refractivity contribution < 1.29 is 13.5 Å². The summed E-state index contributed by atoms with van der Waals surface area (Å²) in [4.78, 5) is 0. The predicted octanol–water partition coefficient (Wildman–Crippen LogP) is 3.57. The van der Waals surface area contributed by atoms with Crippen molar-refractivity contribution in [3.8, 4) is 0 Å². The molecule has 2 nitrogen and oxygen atoms in total. The number of benzene rings is 1. The Bertz CT molecular complexity index is 405. The Morgan fingerprint density at radius 3 is 2.89 bits per heavy atom. The Labute approximate surface area is 113 Å². The van der Waals surface area contributed by atoms with Crippen LogP contribution in [0, 0.1) is 11.6 Å². The Balaban J connectivity index is 2.22. The van der Waals surface area contributed by atoms with Gasteiger partial charge in [-0.15, -0.1) is 0 Å². The van der Waals surface area contributed by atoms with Crippen molar-refractivity contribution in [3.05, 3.63) is 35.4 Å². The van der Waals surface area contributed by atoms with E-state index in [1.807, 2.05) is 6.92 Å². The molecule has 1 N–H and O–H groups in total.